The molecule has 1 aliphatic heterocycles. The van der Waals surface area contributed by atoms with Crippen LogP contribution in [0.15, 0.2) is 66.9 Å². The maximum absolute atomic E-state index is 12.4. The summed E-state index contributed by atoms with van der Waals surface area (Å²) in [6.45, 7) is 1.22. The zero-order valence-corrected chi connectivity index (χ0v) is 17.0. The van der Waals surface area contributed by atoms with Crippen LogP contribution in [0.25, 0.3) is 6.08 Å². The summed E-state index contributed by atoms with van der Waals surface area (Å²) in [5, 5.41) is 7.76. The van der Waals surface area contributed by atoms with Crippen molar-refractivity contribution in [3.05, 3.63) is 83.0 Å². The highest BCUT2D eigenvalue weighted by atomic mass is 35.5. The summed E-state index contributed by atoms with van der Waals surface area (Å²) in [6.07, 6.45) is 6.35. The second-order valence-corrected chi connectivity index (χ2v) is 7.44. The minimum absolute atomic E-state index is 0.158. The van der Waals surface area contributed by atoms with Crippen LogP contribution in [0, 0.1) is 0 Å². The Balaban J connectivity index is 1.38. The molecule has 2 heterocycles. The Morgan fingerprint density at radius 2 is 1.93 bits per heavy atom. The molecule has 0 aliphatic carbocycles. The zero-order chi connectivity index (χ0) is 20.9. The first-order valence-corrected chi connectivity index (χ1v) is 10.1. The molecule has 152 valence electrons. The summed E-state index contributed by atoms with van der Waals surface area (Å²) in [4.78, 5) is 26.0. The quantitative estimate of drug-likeness (QED) is 0.602. The first-order valence-electron chi connectivity index (χ1n) is 9.75. The van der Waals surface area contributed by atoms with Crippen molar-refractivity contribution < 1.29 is 9.59 Å². The molecule has 0 spiro atoms. The minimum Gasteiger partial charge on any atom is -0.312 e. The smallest absolute Gasteiger partial charge is 0.249 e. The van der Waals surface area contributed by atoms with E-state index in [0.29, 0.717) is 23.8 Å². The highest BCUT2D eigenvalue weighted by molar-refractivity contribution is 6.31. The van der Waals surface area contributed by atoms with Crippen molar-refractivity contribution in [3.63, 3.8) is 0 Å². The van der Waals surface area contributed by atoms with E-state index >= 15 is 0 Å². The fourth-order valence-corrected chi connectivity index (χ4v) is 3.57. The summed E-state index contributed by atoms with van der Waals surface area (Å²) < 4.78 is 1.69. The number of amides is 2. The summed E-state index contributed by atoms with van der Waals surface area (Å²) in [6, 6.07) is 16.9. The van der Waals surface area contributed by atoms with Crippen molar-refractivity contribution in [1.29, 1.82) is 0 Å². The molecule has 7 heteroatoms. The number of carbonyl (C=O) groups is 2. The lowest BCUT2D eigenvalue weighted by Crippen LogP contribution is -2.23. The number of nitrogens with zero attached hydrogens (tertiary/aromatic N) is 3. The van der Waals surface area contributed by atoms with Crippen molar-refractivity contribution >= 4 is 41.0 Å². The number of nitrogens with one attached hydrogen (secondary N) is 1. The molecular weight excluding hydrogens is 400 g/mol. The van der Waals surface area contributed by atoms with Gasteiger partial charge in [0.2, 0.25) is 11.8 Å². The Morgan fingerprint density at radius 1 is 1.13 bits per heavy atom. The van der Waals surface area contributed by atoms with Gasteiger partial charge in [0.15, 0.2) is 0 Å². The number of carbonyl (C=O) groups excluding carboxylic acids is 2. The number of halogens is 1. The van der Waals surface area contributed by atoms with Gasteiger partial charge in [0.05, 0.1) is 12.7 Å². The Kier molecular flexibility index (Phi) is 5.95. The van der Waals surface area contributed by atoms with E-state index in [-0.39, 0.29) is 11.8 Å². The number of hydrogen-bond acceptors (Lipinski definition) is 3. The predicted octanol–water partition coefficient (Wildman–Crippen LogP) is 4.36. The van der Waals surface area contributed by atoms with Gasteiger partial charge >= 0.3 is 0 Å². The summed E-state index contributed by atoms with van der Waals surface area (Å²) in [5.41, 5.74) is 2.69. The molecule has 1 N–H and O–H groups in total. The van der Waals surface area contributed by atoms with Crippen molar-refractivity contribution in [2.24, 2.45) is 0 Å². The number of hydrogen-bond donors (Lipinski definition) is 1. The van der Waals surface area contributed by atoms with Crippen LogP contribution in [0.2, 0.25) is 5.02 Å². The monoisotopic (exact) mass is 420 g/mol. The van der Waals surface area contributed by atoms with Crippen LogP contribution in [0.4, 0.5) is 11.5 Å². The molecule has 1 saturated heterocycles. The molecule has 3 aromatic rings. The van der Waals surface area contributed by atoms with Crippen LogP contribution < -0.4 is 10.2 Å². The second-order valence-electron chi connectivity index (χ2n) is 7.03. The standard InChI is InChI=1S/C23H21ClN4O2/c24-20-5-2-1-4-18(20)16-28-21(13-14-25-28)26-22(29)12-9-17-7-10-19(11-8-17)27-15-3-6-23(27)30/h1-2,4-5,7-14H,3,6,15-16H2,(H,26,29)/b12-9+. The molecule has 0 radical (unpaired) electrons. The molecule has 0 atom stereocenters. The molecule has 0 saturated carbocycles. The van der Waals surface area contributed by atoms with E-state index in [4.69, 9.17) is 11.6 Å². The van der Waals surface area contributed by atoms with E-state index in [0.717, 1.165) is 29.8 Å². The molecule has 2 amide bonds. The van der Waals surface area contributed by atoms with Crippen molar-refractivity contribution in [3.8, 4) is 0 Å². The van der Waals surface area contributed by atoms with Crippen LogP contribution in [0.1, 0.15) is 24.0 Å². The van der Waals surface area contributed by atoms with Crippen LogP contribution >= 0.6 is 11.6 Å². The highest BCUT2D eigenvalue weighted by Crippen LogP contribution is 2.22. The van der Waals surface area contributed by atoms with Crippen molar-refractivity contribution in [1.82, 2.24) is 9.78 Å². The zero-order valence-electron chi connectivity index (χ0n) is 16.3. The molecule has 30 heavy (non-hydrogen) atoms. The average Bonchev–Trinajstić information content (AvgIpc) is 3.37. The van der Waals surface area contributed by atoms with Gasteiger partial charge in [-0.25, -0.2) is 4.68 Å². The molecule has 0 bridgehead atoms. The van der Waals surface area contributed by atoms with Gasteiger partial charge in [-0.3, -0.25) is 9.59 Å². The number of aromatic nitrogens is 2. The van der Waals surface area contributed by atoms with E-state index in [1.807, 2.05) is 48.5 Å². The van der Waals surface area contributed by atoms with Gasteiger partial charge in [-0.1, -0.05) is 41.9 Å². The van der Waals surface area contributed by atoms with Gasteiger partial charge in [-0.05, 0) is 41.8 Å². The Hall–Kier alpha value is -3.38. The molecule has 1 aliphatic rings. The Labute approximate surface area is 179 Å². The normalized spacial score (nSPS) is 13.9. The third-order valence-electron chi connectivity index (χ3n) is 4.95. The van der Waals surface area contributed by atoms with Gasteiger partial charge in [0, 0.05) is 35.8 Å². The first-order chi connectivity index (χ1) is 14.6. The first kappa shape index (κ1) is 19.9. The molecule has 0 unspecified atom stereocenters. The lowest BCUT2D eigenvalue weighted by atomic mass is 10.2. The largest absolute Gasteiger partial charge is 0.312 e. The SMILES string of the molecule is O=C(/C=C/c1ccc(N2CCCC2=O)cc1)Nc1ccnn1Cc1ccccc1Cl. The minimum atomic E-state index is -0.255. The summed E-state index contributed by atoms with van der Waals surface area (Å²) in [5.74, 6) is 0.494. The molecule has 1 aromatic heterocycles. The third-order valence-corrected chi connectivity index (χ3v) is 5.32. The third kappa shape index (κ3) is 4.60. The molecule has 1 fully saturated rings. The maximum Gasteiger partial charge on any atom is 0.249 e. The Bertz CT molecular complexity index is 1090. The fourth-order valence-electron chi connectivity index (χ4n) is 3.38. The van der Waals surface area contributed by atoms with E-state index in [1.54, 1.807) is 27.9 Å². The average molecular weight is 421 g/mol. The Morgan fingerprint density at radius 3 is 2.67 bits per heavy atom. The number of rotatable bonds is 6. The fraction of sp³-hybridized carbons (Fsp3) is 0.174. The summed E-state index contributed by atoms with van der Waals surface area (Å²) >= 11 is 6.22. The van der Waals surface area contributed by atoms with E-state index in [9.17, 15) is 9.59 Å². The van der Waals surface area contributed by atoms with Gasteiger partial charge in [-0.15, -0.1) is 0 Å². The van der Waals surface area contributed by atoms with Gasteiger partial charge < -0.3 is 10.2 Å². The van der Waals surface area contributed by atoms with Gasteiger partial charge in [0.25, 0.3) is 0 Å². The lowest BCUT2D eigenvalue weighted by Gasteiger charge is -2.15. The molecular formula is C23H21ClN4O2. The number of benzene rings is 2. The van der Waals surface area contributed by atoms with Crippen molar-refractivity contribution in [2.75, 3.05) is 16.8 Å². The van der Waals surface area contributed by atoms with Crippen LogP contribution in [-0.2, 0) is 16.1 Å². The number of anilines is 2. The van der Waals surface area contributed by atoms with E-state index < -0.39 is 0 Å². The second kappa shape index (κ2) is 8.97. The molecule has 6 nitrogen and oxygen atoms in total. The van der Waals surface area contributed by atoms with Gasteiger partial charge in [0.1, 0.15) is 5.82 Å². The molecule has 4 rings (SSSR count). The topological polar surface area (TPSA) is 67.2 Å². The lowest BCUT2D eigenvalue weighted by molar-refractivity contribution is -0.117. The summed E-state index contributed by atoms with van der Waals surface area (Å²) in [7, 11) is 0. The predicted molar refractivity (Wildman–Crippen MR) is 118 cm³/mol. The highest BCUT2D eigenvalue weighted by Gasteiger charge is 2.21. The molecule has 2 aromatic carbocycles. The maximum atomic E-state index is 12.4. The van der Waals surface area contributed by atoms with Crippen LogP contribution in [0.5, 0.6) is 0 Å². The van der Waals surface area contributed by atoms with Crippen LogP contribution in [-0.4, -0.2) is 28.1 Å². The van der Waals surface area contributed by atoms with Crippen molar-refractivity contribution in [2.45, 2.75) is 19.4 Å². The van der Waals surface area contributed by atoms with Gasteiger partial charge in [-0.2, -0.15) is 5.10 Å². The van der Waals surface area contributed by atoms with Crippen LogP contribution in [0.3, 0.4) is 0 Å². The van der Waals surface area contributed by atoms with E-state index in [1.165, 1.54) is 6.08 Å². The van der Waals surface area contributed by atoms with E-state index in [2.05, 4.69) is 10.4 Å².